The summed E-state index contributed by atoms with van der Waals surface area (Å²) in [5.41, 5.74) is 6.09. The van der Waals surface area contributed by atoms with Gasteiger partial charge in [-0.25, -0.2) is 13.3 Å². The van der Waals surface area contributed by atoms with Crippen LogP contribution in [0.1, 0.15) is 44.6 Å². The van der Waals surface area contributed by atoms with Crippen molar-refractivity contribution in [1.82, 2.24) is 14.4 Å². The third-order valence-corrected chi connectivity index (χ3v) is 10.2. The van der Waals surface area contributed by atoms with E-state index in [1.807, 2.05) is 6.92 Å². The van der Waals surface area contributed by atoms with Crippen LogP contribution in [0, 0.1) is 12.3 Å². The first-order chi connectivity index (χ1) is 19.0. The van der Waals surface area contributed by atoms with Crippen LogP contribution >= 0.6 is 0 Å². The van der Waals surface area contributed by atoms with Gasteiger partial charge in [0, 0.05) is 25.2 Å². The maximum atomic E-state index is 13.6. The van der Waals surface area contributed by atoms with Gasteiger partial charge in [0.05, 0.1) is 6.61 Å². The smallest absolute Gasteiger partial charge is 0.340 e. The van der Waals surface area contributed by atoms with Crippen molar-refractivity contribution in [3.63, 3.8) is 0 Å². The number of hydrogen-bond donors (Lipinski definition) is 2. The van der Waals surface area contributed by atoms with Gasteiger partial charge in [-0.3, -0.25) is 5.41 Å². The Morgan fingerprint density at radius 1 is 1.00 bits per heavy atom. The molecule has 2 aromatic carbocycles. The molecule has 0 unspecified atom stereocenters. The van der Waals surface area contributed by atoms with E-state index in [0.717, 1.165) is 13.1 Å². The molecule has 0 atom stereocenters. The van der Waals surface area contributed by atoms with E-state index in [1.165, 1.54) is 53.5 Å². The molecule has 2 aromatic rings. The molecule has 2 saturated heterocycles. The van der Waals surface area contributed by atoms with Crippen molar-refractivity contribution in [3.8, 4) is 11.5 Å². The van der Waals surface area contributed by atoms with E-state index in [9.17, 15) is 16.8 Å². The second kappa shape index (κ2) is 12.7. The first-order valence-electron chi connectivity index (χ1n) is 13.4. The summed E-state index contributed by atoms with van der Waals surface area (Å²) in [5, 5.41) is 8.34. The summed E-state index contributed by atoms with van der Waals surface area (Å²) in [6.45, 7) is 6.54. The molecule has 12 nitrogen and oxygen atoms in total. The third-order valence-electron chi connectivity index (χ3n) is 6.84. The van der Waals surface area contributed by atoms with Gasteiger partial charge in [0.25, 0.3) is 5.96 Å². The lowest BCUT2D eigenvalue weighted by atomic mass is 10.1. The number of nitrogens with two attached hydrogens (primary N) is 1. The van der Waals surface area contributed by atoms with Crippen LogP contribution in [-0.4, -0.2) is 76.1 Å². The molecule has 2 heterocycles. The van der Waals surface area contributed by atoms with Gasteiger partial charge in [-0.1, -0.05) is 19.1 Å². The summed E-state index contributed by atoms with van der Waals surface area (Å²) < 4.78 is 60.9. The van der Waals surface area contributed by atoms with Crippen molar-refractivity contribution in [2.24, 2.45) is 5.73 Å². The van der Waals surface area contributed by atoms with E-state index in [4.69, 9.17) is 25.0 Å². The number of rotatable bonds is 11. The van der Waals surface area contributed by atoms with Gasteiger partial charge in [-0.05, 0) is 87.2 Å². The summed E-state index contributed by atoms with van der Waals surface area (Å²) >= 11 is 0. The van der Waals surface area contributed by atoms with Crippen LogP contribution in [-0.2, 0) is 25.0 Å². The second-order valence-corrected chi connectivity index (χ2v) is 13.3. The molecule has 3 N–H and O–H groups in total. The zero-order valence-electron chi connectivity index (χ0n) is 22.8. The lowest BCUT2D eigenvalue weighted by Gasteiger charge is -2.36. The predicted molar refractivity (Wildman–Crippen MR) is 149 cm³/mol. The minimum Gasteiger partial charge on any atom is -0.379 e. The topological polar surface area (TPSA) is 156 Å². The number of guanidine groups is 1. The molecule has 2 aliphatic rings. The Morgan fingerprint density at radius 2 is 1.62 bits per heavy atom. The highest BCUT2D eigenvalue weighted by Crippen LogP contribution is 2.31. The number of hydrogen-bond acceptors (Lipinski definition) is 9. The van der Waals surface area contributed by atoms with E-state index in [2.05, 4.69) is 4.90 Å². The zero-order valence-corrected chi connectivity index (χ0v) is 24.4. The predicted octanol–water partition coefficient (Wildman–Crippen LogP) is 2.84. The SMILES string of the molecule is CCCON(Oc1cc(C)cc(OS(=O)(=O)c2ccccc2S(=O)(=O)N2CCC(N3CCCC3)CC2)c1)C(=N)N. The maximum absolute atomic E-state index is 13.6. The molecule has 2 aliphatic heterocycles. The standard InChI is InChI=1S/C26H37N5O7S2/c1-3-16-36-31(26(27)28)37-22-17-20(2)18-23(19-22)38-40(34,35)25-9-5-4-8-24(25)39(32,33)30-14-10-21(11-15-30)29-12-6-7-13-29/h4-5,8-9,17-19,21H,3,6-7,10-16H2,1-2H3,(H3,27,28). The fraction of sp³-hybridized carbons (Fsp3) is 0.500. The molecular formula is C26H37N5O7S2. The van der Waals surface area contributed by atoms with Crippen molar-refractivity contribution in [3.05, 3.63) is 48.0 Å². The molecule has 40 heavy (non-hydrogen) atoms. The van der Waals surface area contributed by atoms with Crippen molar-refractivity contribution < 1.29 is 30.7 Å². The molecule has 4 rings (SSSR count). The van der Waals surface area contributed by atoms with Crippen molar-refractivity contribution in [2.45, 2.75) is 61.8 Å². The van der Waals surface area contributed by atoms with Gasteiger partial charge >= 0.3 is 10.1 Å². The Labute approximate surface area is 236 Å². The van der Waals surface area contributed by atoms with Gasteiger partial charge in [-0.2, -0.15) is 12.7 Å². The number of nitrogens with zero attached hydrogens (tertiary/aromatic N) is 3. The maximum Gasteiger partial charge on any atom is 0.340 e. The number of hydroxylamine groups is 2. The highest BCUT2D eigenvalue weighted by molar-refractivity contribution is 7.91. The van der Waals surface area contributed by atoms with Crippen LogP contribution in [0.2, 0.25) is 0 Å². The molecule has 2 fully saturated rings. The molecule has 0 amide bonds. The lowest BCUT2D eigenvalue weighted by molar-refractivity contribution is -0.263. The highest BCUT2D eigenvalue weighted by atomic mass is 32.2. The fourth-order valence-electron chi connectivity index (χ4n) is 4.96. The zero-order chi connectivity index (χ0) is 28.9. The molecule has 0 saturated carbocycles. The van der Waals surface area contributed by atoms with Crippen LogP contribution in [0.15, 0.2) is 52.3 Å². The normalized spacial score (nSPS) is 17.6. The van der Waals surface area contributed by atoms with E-state index in [-0.39, 0.29) is 23.0 Å². The quantitative estimate of drug-likeness (QED) is 0.171. The second-order valence-electron chi connectivity index (χ2n) is 9.91. The lowest BCUT2D eigenvalue weighted by Crippen LogP contribution is -2.46. The van der Waals surface area contributed by atoms with Crippen LogP contribution in [0.25, 0.3) is 0 Å². The molecule has 220 valence electrons. The molecule has 0 spiro atoms. The molecule has 0 bridgehead atoms. The van der Waals surface area contributed by atoms with Crippen molar-refractivity contribution in [1.29, 1.82) is 5.41 Å². The minimum atomic E-state index is -4.56. The van der Waals surface area contributed by atoms with Gasteiger partial charge < -0.3 is 19.7 Å². The van der Waals surface area contributed by atoms with E-state index in [0.29, 0.717) is 49.2 Å². The van der Waals surface area contributed by atoms with Crippen molar-refractivity contribution >= 4 is 26.1 Å². The summed E-state index contributed by atoms with van der Waals surface area (Å²) in [6.07, 6.45) is 4.39. The van der Waals surface area contributed by atoms with E-state index < -0.39 is 31.0 Å². The van der Waals surface area contributed by atoms with Crippen LogP contribution in [0.5, 0.6) is 11.5 Å². The van der Waals surface area contributed by atoms with Crippen LogP contribution < -0.4 is 14.8 Å². The number of aryl methyl sites for hydroxylation is 1. The number of sulfonamides is 1. The Hall–Kier alpha value is -2.91. The Kier molecular flexibility index (Phi) is 9.56. The highest BCUT2D eigenvalue weighted by Gasteiger charge is 2.36. The molecular weight excluding hydrogens is 558 g/mol. The summed E-state index contributed by atoms with van der Waals surface area (Å²) in [4.78, 5) is 12.4. The Balaban J connectivity index is 1.54. The monoisotopic (exact) mass is 595 g/mol. The number of benzene rings is 2. The number of piperidine rings is 1. The van der Waals surface area contributed by atoms with Gasteiger partial charge in [0.15, 0.2) is 5.75 Å². The van der Waals surface area contributed by atoms with Crippen LogP contribution in [0.3, 0.4) is 0 Å². The first kappa shape index (κ1) is 30.1. The van der Waals surface area contributed by atoms with E-state index >= 15 is 0 Å². The Morgan fingerprint density at radius 3 is 2.25 bits per heavy atom. The third kappa shape index (κ3) is 7.04. The Bertz CT molecular complexity index is 1400. The average molecular weight is 596 g/mol. The van der Waals surface area contributed by atoms with Gasteiger partial charge in [0.1, 0.15) is 15.5 Å². The molecule has 14 heteroatoms. The summed E-state index contributed by atoms with van der Waals surface area (Å²) in [5.74, 6) is -0.500. The molecule has 0 aromatic heterocycles. The average Bonchev–Trinajstić information content (AvgIpc) is 3.45. The summed E-state index contributed by atoms with van der Waals surface area (Å²) in [7, 11) is -8.66. The van der Waals surface area contributed by atoms with Gasteiger partial charge in [0.2, 0.25) is 10.0 Å². The molecule has 0 aliphatic carbocycles. The fourth-order valence-corrected chi connectivity index (χ4v) is 8.13. The van der Waals surface area contributed by atoms with Crippen LogP contribution in [0.4, 0.5) is 0 Å². The molecule has 0 radical (unpaired) electrons. The van der Waals surface area contributed by atoms with Crippen molar-refractivity contribution in [2.75, 3.05) is 32.8 Å². The number of nitrogens with one attached hydrogen (secondary N) is 1. The first-order valence-corrected chi connectivity index (χ1v) is 16.2. The summed E-state index contributed by atoms with van der Waals surface area (Å²) in [6, 6.07) is 10.1. The van der Waals surface area contributed by atoms with Gasteiger partial charge in [-0.15, -0.1) is 0 Å². The largest absolute Gasteiger partial charge is 0.379 e. The number of likely N-dealkylation sites (tertiary alicyclic amines) is 1. The minimum absolute atomic E-state index is 0.104. The van der Waals surface area contributed by atoms with E-state index in [1.54, 1.807) is 13.0 Å².